The van der Waals surface area contributed by atoms with E-state index in [9.17, 15) is 4.79 Å². The average Bonchev–Trinajstić information content (AvgIpc) is 3.40. The van der Waals surface area contributed by atoms with Crippen molar-refractivity contribution < 1.29 is 9.53 Å². The van der Waals surface area contributed by atoms with Crippen molar-refractivity contribution in [1.82, 2.24) is 0 Å². The van der Waals surface area contributed by atoms with Crippen LogP contribution in [0.25, 0.3) is 0 Å². The van der Waals surface area contributed by atoms with E-state index in [2.05, 4.69) is 65.8 Å². The van der Waals surface area contributed by atoms with Crippen molar-refractivity contribution in [2.75, 3.05) is 0 Å². The Balaban J connectivity index is 1.19. The predicted octanol–water partition coefficient (Wildman–Crippen LogP) is 13.8. The molecule has 2 heteroatoms. The highest BCUT2D eigenvalue weighted by atomic mass is 16.5. The van der Waals surface area contributed by atoms with E-state index in [0.29, 0.717) is 11.8 Å². The number of esters is 1. The molecule has 0 radical (unpaired) electrons. The highest BCUT2D eigenvalue weighted by Crippen LogP contribution is 2.68. The van der Waals surface area contributed by atoms with E-state index in [1.165, 1.54) is 122 Å². The van der Waals surface area contributed by atoms with Crippen LogP contribution in [0.5, 0.6) is 0 Å². The fraction of sp³-hybridized carbons (Fsp3) is 0.889. The minimum absolute atomic E-state index is 0.0986. The molecule has 0 amide bonds. The van der Waals surface area contributed by atoms with E-state index < -0.39 is 0 Å². The third kappa shape index (κ3) is 10.2. The smallest absolute Gasteiger partial charge is 0.306 e. The molecule has 0 heterocycles. The standard InChI is InChI=1S/C45H78O2/c1-7-8-9-10-11-12-13-14-15-16-17-18-19-20-21-28-43(46)47-42-27-23-26-37-29-30-38-40-32-31-39(36(4)25-22-24-35(2)3)44(40,5)34-33-41(38)45(37,42)6/h11-12,14-15,35-42H,7-10,13,16-34H2,1-6H3/b12-11-,15-14-/t36-,37+,38+,39-,40-,41-,42?,44+,45-/m0/s1. The Bertz CT molecular complexity index is 963. The van der Waals surface area contributed by atoms with Gasteiger partial charge in [-0.3, -0.25) is 4.79 Å². The fourth-order valence-corrected chi connectivity index (χ4v) is 11.8. The van der Waals surface area contributed by atoms with E-state index in [0.717, 1.165) is 67.1 Å². The summed E-state index contributed by atoms with van der Waals surface area (Å²) >= 11 is 0. The van der Waals surface area contributed by atoms with Gasteiger partial charge in [0.2, 0.25) is 0 Å². The van der Waals surface area contributed by atoms with Crippen molar-refractivity contribution in [3.8, 4) is 0 Å². The Hall–Kier alpha value is -1.05. The lowest BCUT2D eigenvalue weighted by molar-refractivity contribution is -0.192. The van der Waals surface area contributed by atoms with E-state index in [-0.39, 0.29) is 17.5 Å². The van der Waals surface area contributed by atoms with Crippen molar-refractivity contribution in [3.63, 3.8) is 0 Å². The molecule has 47 heavy (non-hydrogen) atoms. The van der Waals surface area contributed by atoms with Gasteiger partial charge in [0.05, 0.1) is 0 Å². The number of rotatable bonds is 20. The largest absolute Gasteiger partial charge is 0.462 e. The van der Waals surface area contributed by atoms with Crippen LogP contribution in [0.4, 0.5) is 0 Å². The van der Waals surface area contributed by atoms with Gasteiger partial charge in [0.15, 0.2) is 0 Å². The first-order chi connectivity index (χ1) is 22.7. The van der Waals surface area contributed by atoms with Gasteiger partial charge < -0.3 is 4.74 Å². The molecule has 0 bridgehead atoms. The van der Waals surface area contributed by atoms with E-state index in [4.69, 9.17) is 4.74 Å². The Morgan fingerprint density at radius 2 is 1.47 bits per heavy atom. The van der Waals surface area contributed by atoms with Crippen LogP contribution in [-0.2, 0) is 9.53 Å². The fourth-order valence-electron chi connectivity index (χ4n) is 11.8. The van der Waals surface area contributed by atoms with Gasteiger partial charge in [-0.1, -0.05) is 117 Å². The maximum atomic E-state index is 13.3. The first-order valence-electron chi connectivity index (χ1n) is 21.2. The summed E-state index contributed by atoms with van der Waals surface area (Å²) in [7, 11) is 0. The summed E-state index contributed by atoms with van der Waals surface area (Å²) in [4.78, 5) is 13.3. The third-order valence-corrected chi connectivity index (χ3v) is 14.5. The lowest BCUT2D eigenvalue weighted by Crippen LogP contribution is -2.58. The maximum Gasteiger partial charge on any atom is 0.306 e. The van der Waals surface area contributed by atoms with Gasteiger partial charge in [0.25, 0.3) is 0 Å². The number of allylic oxidation sites excluding steroid dienone is 4. The second kappa shape index (κ2) is 19.4. The Morgan fingerprint density at radius 3 is 2.21 bits per heavy atom. The molecular weight excluding hydrogens is 572 g/mol. The SMILES string of the molecule is CCCCC/C=C\C/C=C\CCCCCCCC(=O)OC1CCC[C@@H]2CC[C@@H]3[C@@H]4CC[C@@H]([C@@H](C)CCCC(C)C)[C@@]4(C)CC[C@@H]3[C@@]12C. The van der Waals surface area contributed by atoms with Crippen molar-refractivity contribution in [2.24, 2.45) is 52.3 Å². The predicted molar refractivity (Wildman–Crippen MR) is 202 cm³/mol. The number of unbranched alkanes of at least 4 members (excludes halogenated alkanes) is 8. The van der Waals surface area contributed by atoms with Crippen molar-refractivity contribution >= 4 is 5.97 Å². The number of hydrogen-bond donors (Lipinski definition) is 0. The van der Waals surface area contributed by atoms with E-state index in [1.54, 1.807) is 0 Å². The van der Waals surface area contributed by atoms with Crippen LogP contribution in [0.3, 0.4) is 0 Å². The van der Waals surface area contributed by atoms with Gasteiger partial charge in [-0.15, -0.1) is 0 Å². The average molecular weight is 651 g/mol. The van der Waals surface area contributed by atoms with Crippen LogP contribution in [0.1, 0.15) is 196 Å². The monoisotopic (exact) mass is 651 g/mol. The number of carbonyl (C=O) groups is 1. The second-order valence-electron chi connectivity index (χ2n) is 17.9. The maximum absolute atomic E-state index is 13.3. The Morgan fingerprint density at radius 1 is 0.745 bits per heavy atom. The van der Waals surface area contributed by atoms with Crippen LogP contribution < -0.4 is 0 Å². The zero-order chi connectivity index (χ0) is 33.7. The zero-order valence-electron chi connectivity index (χ0n) is 32.2. The molecule has 9 atom stereocenters. The summed E-state index contributed by atoms with van der Waals surface area (Å²) in [5.74, 6) is 5.96. The molecule has 4 rings (SSSR count). The van der Waals surface area contributed by atoms with E-state index in [1.807, 2.05) is 0 Å². The first kappa shape index (κ1) is 38.7. The lowest BCUT2D eigenvalue weighted by atomic mass is 9.44. The molecule has 4 fully saturated rings. The number of hydrogen-bond acceptors (Lipinski definition) is 2. The zero-order valence-corrected chi connectivity index (χ0v) is 32.2. The minimum atomic E-state index is 0.0986. The normalized spacial score (nSPS) is 34.4. The molecule has 4 saturated carbocycles. The van der Waals surface area contributed by atoms with Gasteiger partial charge >= 0.3 is 5.97 Å². The van der Waals surface area contributed by atoms with Crippen molar-refractivity contribution in [3.05, 3.63) is 24.3 Å². The van der Waals surface area contributed by atoms with Crippen LogP contribution >= 0.6 is 0 Å². The van der Waals surface area contributed by atoms with Crippen LogP contribution in [0.2, 0.25) is 0 Å². The summed E-state index contributed by atoms with van der Waals surface area (Å²) in [6, 6.07) is 0. The molecule has 0 aromatic carbocycles. The molecule has 0 aromatic rings. The molecule has 1 unspecified atom stereocenters. The number of carbonyl (C=O) groups excluding carboxylic acids is 1. The Kier molecular flexibility index (Phi) is 16.0. The summed E-state index contributed by atoms with van der Waals surface area (Å²) < 4.78 is 6.54. The lowest BCUT2D eigenvalue weighted by Gasteiger charge is -2.62. The van der Waals surface area contributed by atoms with Crippen molar-refractivity contribution in [2.45, 2.75) is 202 Å². The van der Waals surface area contributed by atoms with E-state index >= 15 is 0 Å². The van der Waals surface area contributed by atoms with Crippen LogP contribution in [-0.4, -0.2) is 12.1 Å². The van der Waals surface area contributed by atoms with Crippen molar-refractivity contribution in [1.29, 1.82) is 0 Å². The van der Waals surface area contributed by atoms with Gasteiger partial charge in [0.1, 0.15) is 6.10 Å². The van der Waals surface area contributed by atoms with Gasteiger partial charge in [-0.25, -0.2) is 0 Å². The molecule has 0 spiro atoms. The summed E-state index contributed by atoms with van der Waals surface area (Å²) in [5, 5.41) is 0. The highest BCUT2D eigenvalue weighted by Gasteiger charge is 2.62. The molecular formula is C45H78O2. The molecule has 0 saturated heterocycles. The molecule has 0 aliphatic heterocycles. The molecule has 270 valence electrons. The van der Waals surface area contributed by atoms with Gasteiger partial charge in [-0.05, 0) is 143 Å². The molecule has 0 N–H and O–H groups in total. The van der Waals surface area contributed by atoms with Crippen LogP contribution in [0.15, 0.2) is 24.3 Å². The minimum Gasteiger partial charge on any atom is -0.462 e. The second-order valence-corrected chi connectivity index (χ2v) is 17.9. The Labute approximate surface area is 293 Å². The van der Waals surface area contributed by atoms with Gasteiger partial charge in [0, 0.05) is 11.8 Å². The van der Waals surface area contributed by atoms with Crippen LogP contribution in [0, 0.1) is 52.3 Å². The number of ether oxygens (including phenoxy) is 1. The summed E-state index contributed by atoms with van der Waals surface area (Å²) in [5.41, 5.74) is 0.723. The molecule has 0 aromatic heterocycles. The third-order valence-electron chi connectivity index (χ3n) is 14.5. The first-order valence-corrected chi connectivity index (χ1v) is 21.2. The molecule has 4 aliphatic rings. The summed E-state index contributed by atoms with van der Waals surface area (Å²) in [6.45, 7) is 14.9. The molecule has 2 nitrogen and oxygen atoms in total. The quantitative estimate of drug-likeness (QED) is 0.0744. The molecule has 4 aliphatic carbocycles. The number of fused-ring (bicyclic) bond motifs is 5. The summed E-state index contributed by atoms with van der Waals surface area (Å²) in [6.07, 6.45) is 39.9. The topological polar surface area (TPSA) is 26.3 Å². The highest BCUT2D eigenvalue weighted by molar-refractivity contribution is 5.69. The van der Waals surface area contributed by atoms with Gasteiger partial charge in [-0.2, -0.15) is 0 Å².